The average Bonchev–Trinajstić information content (AvgIpc) is 3.35. The number of hydrogen-bond donors (Lipinski definition) is 2. The Bertz CT molecular complexity index is 933. The van der Waals surface area contributed by atoms with Crippen LogP contribution in [0, 0.1) is 0 Å². The monoisotopic (exact) mass is 400 g/mol. The van der Waals surface area contributed by atoms with E-state index in [1.807, 2.05) is 6.07 Å². The van der Waals surface area contributed by atoms with Crippen LogP contribution in [0.1, 0.15) is 51.0 Å². The lowest BCUT2D eigenvalue weighted by Crippen LogP contribution is -2.44. The van der Waals surface area contributed by atoms with Gasteiger partial charge in [-0.15, -0.1) is 0 Å². The van der Waals surface area contributed by atoms with Crippen molar-refractivity contribution in [1.29, 1.82) is 0 Å². The number of nitrogens with zero attached hydrogens (tertiary/aromatic N) is 2. The molecule has 7 nitrogen and oxygen atoms in total. The Labute approximate surface area is 167 Å². The topological polar surface area (TPSA) is 91.4 Å². The van der Waals surface area contributed by atoms with Crippen LogP contribution >= 0.6 is 11.3 Å². The number of carbonyl (C=O) groups is 3. The molecule has 4 rings (SSSR count). The maximum atomic E-state index is 12.6. The summed E-state index contributed by atoms with van der Waals surface area (Å²) in [4.78, 5) is 42.7. The molecule has 1 spiro atoms. The molecule has 1 aliphatic heterocycles. The fraction of sp³-hybridized carbons (Fsp3) is 0.500. The van der Waals surface area contributed by atoms with Crippen LogP contribution in [0.5, 0.6) is 0 Å². The van der Waals surface area contributed by atoms with Gasteiger partial charge in [0.2, 0.25) is 5.91 Å². The van der Waals surface area contributed by atoms with Crippen LogP contribution < -0.4 is 10.6 Å². The van der Waals surface area contributed by atoms with Crippen LogP contribution in [0.15, 0.2) is 18.2 Å². The number of benzene rings is 1. The number of amides is 4. The molecule has 148 valence electrons. The summed E-state index contributed by atoms with van der Waals surface area (Å²) in [5.41, 5.74) is 1.31. The van der Waals surface area contributed by atoms with E-state index >= 15 is 0 Å². The van der Waals surface area contributed by atoms with Crippen molar-refractivity contribution in [3.8, 4) is 0 Å². The van der Waals surface area contributed by atoms with Gasteiger partial charge in [0, 0.05) is 0 Å². The molecule has 1 aliphatic carbocycles. The highest BCUT2D eigenvalue weighted by atomic mass is 32.1. The van der Waals surface area contributed by atoms with Gasteiger partial charge in [0.05, 0.1) is 10.2 Å². The molecule has 2 N–H and O–H groups in total. The average molecular weight is 401 g/mol. The largest absolute Gasteiger partial charge is 0.325 e. The molecule has 1 aromatic heterocycles. The summed E-state index contributed by atoms with van der Waals surface area (Å²) in [6.07, 6.45) is 6.44. The number of hydrogen-bond acceptors (Lipinski definition) is 5. The Morgan fingerprint density at radius 3 is 2.86 bits per heavy atom. The Morgan fingerprint density at radius 1 is 1.32 bits per heavy atom. The van der Waals surface area contributed by atoms with Crippen molar-refractivity contribution < 1.29 is 14.4 Å². The highest BCUT2D eigenvalue weighted by Gasteiger charge is 2.52. The summed E-state index contributed by atoms with van der Waals surface area (Å²) in [7, 11) is 0. The first-order valence-corrected chi connectivity index (χ1v) is 10.7. The molecule has 1 aromatic carbocycles. The Kier molecular flexibility index (Phi) is 5.05. The summed E-state index contributed by atoms with van der Waals surface area (Å²) in [5, 5.41) is 6.00. The number of urea groups is 1. The predicted octanol–water partition coefficient (Wildman–Crippen LogP) is 3.44. The summed E-state index contributed by atoms with van der Waals surface area (Å²) < 4.78 is 1.02. The first kappa shape index (κ1) is 18.9. The SMILES string of the molecule is CCCCc1ccc2nc(NC(=O)CN3C(=O)NC4(CCCC4)C3=O)sc2c1. The molecule has 2 aliphatic rings. The van der Waals surface area contributed by atoms with Crippen molar-refractivity contribution in [3.63, 3.8) is 0 Å². The van der Waals surface area contributed by atoms with Gasteiger partial charge in [0.1, 0.15) is 12.1 Å². The molecule has 0 bridgehead atoms. The first-order chi connectivity index (χ1) is 13.5. The highest BCUT2D eigenvalue weighted by molar-refractivity contribution is 7.22. The number of anilines is 1. The molecule has 4 amide bonds. The van der Waals surface area contributed by atoms with Crippen molar-refractivity contribution >= 4 is 44.5 Å². The molecular weight excluding hydrogens is 376 g/mol. The fourth-order valence-electron chi connectivity index (χ4n) is 4.00. The number of imide groups is 1. The summed E-state index contributed by atoms with van der Waals surface area (Å²) in [6, 6.07) is 5.66. The lowest BCUT2D eigenvalue weighted by Gasteiger charge is -2.19. The van der Waals surface area contributed by atoms with Crippen LogP contribution in [0.4, 0.5) is 9.93 Å². The van der Waals surface area contributed by atoms with Gasteiger partial charge in [-0.2, -0.15) is 0 Å². The van der Waals surface area contributed by atoms with E-state index in [0.717, 1.165) is 47.2 Å². The quantitative estimate of drug-likeness (QED) is 0.727. The number of carbonyl (C=O) groups excluding carboxylic acids is 3. The van der Waals surface area contributed by atoms with E-state index in [9.17, 15) is 14.4 Å². The van der Waals surface area contributed by atoms with E-state index in [0.29, 0.717) is 18.0 Å². The molecule has 2 fully saturated rings. The van der Waals surface area contributed by atoms with Gasteiger partial charge in [-0.1, -0.05) is 43.6 Å². The maximum Gasteiger partial charge on any atom is 0.325 e. The first-order valence-electron chi connectivity index (χ1n) is 9.84. The van der Waals surface area contributed by atoms with Gasteiger partial charge in [0.25, 0.3) is 5.91 Å². The van der Waals surface area contributed by atoms with Crippen LogP contribution in [0.25, 0.3) is 10.2 Å². The van der Waals surface area contributed by atoms with Gasteiger partial charge in [-0.25, -0.2) is 9.78 Å². The zero-order valence-electron chi connectivity index (χ0n) is 15.9. The molecule has 2 heterocycles. The number of aromatic nitrogens is 1. The maximum absolute atomic E-state index is 12.6. The Morgan fingerprint density at radius 2 is 2.11 bits per heavy atom. The van der Waals surface area contributed by atoms with Crippen LogP contribution in [0.3, 0.4) is 0 Å². The minimum Gasteiger partial charge on any atom is -0.323 e. The number of unbranched alkanes of at least 4 members (excludes halogenated alkanes) is 1. The minimum atomic E-state index is -0.790. The van der Waals surface area contributed by atoms with Crippen LogP contribution in [-0.4, -0.2) is 39.8 Å². The molecular formula is C20H24N4O3S. The molecule has 0 radical (unpaired) electrons. The second-order valence-electron chi connectivity index (χ2n) is 7.58. The minimum absolute atomic E-state index is 0.282. The molecule has 2 aromatic rings. The van der Waals surface area contributed by atoms with Crippen molar-refractivity contribution in [1.82, 2.24) is 15.2 Å². The number of nitrogens with one attached hydrogen (secondary N) is 2. The van der Waals surface area contributed by atoms with Crippen molar-refractivity contribution in [2.75, 3.05) is 11.9 Å². The van der Waals surface area contributed by atoms with E-state index in [-0.39, 0.29) is 12.5 Å². The van der Waals surface area contributed by atoms with Crippen molar-refractivity contribution in [3.05, 3.63) is 23.8 Å². The molecule has 1 saturated carbocycles. The van der Waals surface area contributed by atoms with Crippen LogP contribution in [0.2, 0.25) is 0 Å². The Hall–Kier alpha value is -2.48. The third-order valence-electron chi connectivity index (χ3n) is 5.52. The van der Waals surface area contributed by atoms with E-state index < -0.39 is 17.5 Å². The van der Waals surface area contributed by atoms with Crippen molar-refractivity contribution in [2.24, 2.45) is 0 Å². The molecule has 1 saturated heterocycles. The van der Waals surface area contributed by atoms with Gasteiger partial charge in [-0.05, 0) is 43.4 Å². The molecule has 0 unspecified atom stereocenters. The van der Waals surface area contributed by atoms with Gasteiger partial charge in [-0.3, -0.25) is 14.5 Å². The van der Waals surface area contributed by atoms with Gasteiger partial charge >= 0.3 is 6.03 Å². The van der Waals surface area contributed by atoms with E-state index in [1.54, 1.807) is 0 Å². The van der Waals surface area contributed by atoms with Crippen LogP contribution in [-0.2, 0) is 16.0 Å². The number of thiazole rings is 1. The third-order valence-corrected chi connectivity index (χ3v) is 6.46. The lowest BCUT2D eigenvalue weighted by molar-refractivity contribution is -0.133. The number of aryl methyl sites for hydroxylation is 1. The number of rotatable bonds is 6. The summed E-state index contributed by atoms with van der Waals surface area (Å²) in [5.74, 6) is -0.696. The van der Waals surface area contributed by atoms with E-state index in [2.05, 4.69) is 34.7 Å². The van der Waals surface area contributed by atoms with Gasteiger partial charge in [0.15, 0.2) is 5.13 Å². The lowest BCUT2D eigenvalue weighted by atomic mass is 9.98. The standard InChI is InChI=1S/C20H24N4O3S/c1-2-3-6-13-7-8-14-15(11-13)28-18(21-14)22-16(25)12-24-17(26)20(23-19(24)27)9-4-5-10-20/h7-8,11H,2-6,9-10,12H2,1H3,(H,23,27)(H,21,22,25). The highest BCUT2D eigenvalue weighted by Crippen LogP contribution is 2.35. The number of fused-ring (bicyclic) bond motifs is 1. The van der Waals surface area contributed by atoms with Crippen molar-refractivity contribution in [2.45, 2.75) is 57.4 Å². The summed E-state index contributed by atoms with van der Waals surface area (Å²) in [6.45, 7) is 1.88. The normalized spacial score (nSPS) is 18.2. The summed E-state index contributed by atoms with van der Waals surface area (Å²) >= 11 is 1.40. The molecule has 0 atom stereocenters. The van der Waals surface area contributed by atoms with Gasteiger partial charge < -0.3 is 10.6 Å². The molecule has 8 heteroatoms. The Balaban J connectivity index is 1.42. The smallest absolute Gasteiger partial charge is 0.323 e. The van der Waals surface area contributed by atoms with E-state index in [1.165, 1.54) is 16.9 Å². The predicted molar refractivity (Wildman–Crippen MR) is 108 cm³/mol. The zero-order valence-corrected chi connectivity index (χ0v) is 16.7. The molecule has 28 heavy (non-hydrogen) atoms. The second kappa shape index (κ2) is 7.50. The fourth-order valence-corrected chi connectivity index (χ4v) is 4.94. The third kappa shape index (κ3) is 3.48. The second-order valence-corrected chi connectivity index (χ2v) is 8.61. The zero-order chi connectivity index (χ0) is 19.7. The van der Waals surface area contributed by atoms with E-state index in [4.69, 9.17) is 0 Å².